The maximum Gasteiger partial charge on any atom is 0.337 e. The Morgan fingerprint density at radius 1 is 1.26 bits per heavy atom. The number of hydrogen-bond donors (Lipinski definition) is 4. The van der Waals surface area contributed by atoms with Crippen LogP contribution in [-0.4, -0.2) is 34.1 Å². The second-order valence-electron chi connectivity index (χ2n) is 7.41. The molecule has 0 bridgehead atoms. The van der Waals surface area contributed by atoms with Gasteiger partial charge in [0.1, 0.15) is 5.48 Å². The highest BCUT2D eigenvalue weighted by atomic mass is 16.4. The Bertz CT molecular complexity index is 1380. The van der Waals surface area contributed by atoms with Crippen molar-refractivity contribution in [3.05, 3.63) is 68.2 Å². The molecule has 9 nitrogen and oxygen atoms in total. The second kappa shape index (κ2) is 7.60. The van der Waals surface area contributed by atoms with Crippen molar-refractivity contribution in [3.63, 3.8) is 0 Å². The summed E-state index contributed by atoms with van der Waals surface area (Å²) in [6, 6.07) is 8.74. The summed E-state index contributed by atoms with van der Waals surface area (Å²) in [5, 5.41) is 12.7. The molecule has 0 saturated carbocycles. The molecule has 0 aliphatic carbocycles. The van der Waals surface area contributed by atoms with E-state index in [2.05, 4.69) is 26.9 Å². The highest BCUT2D eigenvalue weighted by Gasteiger charge is 2.23. The number of hydrogen-bond acceptors (Lipinski definition) is 7. The number of anilines is 4. The smallest absolute Gasteiger partial charge is 0.337 e. The van der Waals surface area contributed by atoms with E-state index in [0.717, 1.165) is 16.8 Å². The monoisotopic (exact) mass is 418 g/mol. The molecule has 9 heteroatoms. The molecule has 4 rings (SSSR count). The van der Waals surface area contributed by atoms with Crippen LogP contribution >= 0.6 is 0 Å². The summed E-state index contributed by atoms with van der Waals surface area (Å²) in [6.07, 6.45) is 0. The Hall–Kier alpha value is -4.14. The first-order valence-corrected chi connectivity index (χ1v) is 9.68. The van der Waals surface area contributed by atoms with Crippen LogP contribution in [0.3, 0.4) is 0 Å². The molecule has 2 aromatic carbocycles. The van der Waals surface area contributed by atoms with E-state index in [9.17, 15) is 14.7 Å². The molecule has 1 aromatic heterocycles. The molecule has 0 spiro atoms. The van der Waals surface area contributed by atoms with Crippen molar-refractivity contribution in [1.82, 2.24) is 9.97 Å². The van der Waals surface area contributed by atoms with E-state index in [1.165, 1.54) is 6.07 Å². The number of benzene rings is 2. The minimum absolute atomic E-state index is 0.0402. The standard InChI is InChI=1S/C22H22N6O3/c1-11-8-17-18(9-12(11)2)28(20-19(27-17)21(29)26-13(3)25-20)7-6-24-14-4-5-16(23)15(10-14)22(30)31/h4-5,8-10,24H,3,6-7,23H2,1-2H3,(H,26,29)(H,30,31). The van der Waals surface area contributed by atoms with Crippen LogP contribution in [0.2, 0.25) is 0 Å². The number of aryl methyl sites for hydroxylation is 2. The number of H-pyrrole nitrogens is 1. The summed E-state index contributed by atoms with van der Waals surface area (Å²) in [5.74, 6) is -0.645. The quantitative estimate of drug-likeness (QED) is 0.462. The molecule has 0 amide bonds. The number of aromatic carboxylic acids is 1. The molecule has 0 saturated heterocycles. The summed E-state index contributed by atoms with van der Waals surface area (Å²) in [5.41, 5.74) is 10.2. The van der Waals surface area contributed by atoms with Crippen molar-refractivity contribution in [1.29, 1.82) is 0 Å². The fourth-order valence-electron chi connectivity index (χ4n) is 3.51. The number of carboxylic acid groups (broad SMARTS) is 1. The Labute approximate surface area is 177 Å². The number of fused-ring (bicyclic) bond motifs is 2. The average Bonchev–Trinajstić information content (AvgIpc) is 2.70. The predicted molar refractivity (Wildman–Crippen MR) is 120 cm³/mol. The Kier molecular flexibility index (Phi) is 4.94. The average molecular weight is 418 g/mol. The predicted octanol–water partition coefficient (Wildman–Crippen LogP) is 1.59. The van der Waals surface area contributed by atoms with Gasteiger partial charge in [-0.3, -0.25) is 4.79 Å². The molecule has 31 heavy (non-hydrogen) atoms. The lowest BCUT2D eigenvalue weighted by atomic mass is 10.1. The van der Waals surface area contributed by atoms with E-state index in [1.54, 1.807) is 12.1 Å². The molecule has 1 aliphatic heterocycles. The molecule has 0 unspecified atom stereocenters. The van der Waals surface area contributed by atoms with Crippen LogP contribution in [0.1, 0.15) is 21.5 Å². The van der Waals surface area contributed by atoms with Gasteiger partial charge in [0.2, 0.25) is 0 Å². The van der Waals surface area contributed by atoms with Gasteiger partial charge in [-0.15, -0.1) is 0 Å². The highest BCUT2D eigenvalue weighted by molar-refractivity contribution is 5.94. The molecule has 0 atom stereocenters. The highest BCUT2D eigenvalue weighted by Crippen LogP contribution is 2.36. The van der Waals surface area contributed by atoms with Gasteiger partial charge in [-0.1, -0.05) is 6.58 Å². The SMILES string of the molecule is C=c1nc2c(c(=O)[nH]1)=Nc1cc(C)c(C)cc1N2CCNc1ccc(N)c(C(=O)O)c1. The third-order valence-electron chi connectivity index (χ3n) is 5.24. The van der Waals surface area contributed by atoms with Crippen LogP contribution in [0.5, 0.6) is 0 Å². The Balaban J connectivity index is 1.69. The number of carbonyl (C=O) groups is 1. The third kappa shape index (κ3) is 3.73. The van der Waals surface area contributed by atoms with Crippen LogP contribution in [-0.2, 0) is 0 Å². The number of nitrogen functional groups attached to an aromatic ring is 1. The lowest BCUT2D eigenvalue weighted by Crippen LogP contribution is -2.43. The zero-order valence-electron chi connectivity index (χ0n) is 17.2. The lowest BCUT2D eigenvalue weighted by Gasteiger charge is -2.29. The summed E-state index contributed by atoms with van der Waals surface area (Å²) in [4.78, 5) is 37.3. The number of nitrogens with two attached hydrogens (primary N) is 1. The van der Waals surface area contributed by atoms with Crippen molar-refractivity contribution in [2.75, 3.05) is 29.0 Å². The van der Waals surface area contributed by atoms with Crippen LogP contribution in [0.4, 0.5) is 28.6 Å². The first kappa shape index (κ1) is 20.1. The summed E-state index contributed by atoms with van der Waals surface area (Å²) < 4.78 is 0. The van der Waals surface area contributed by atoms with Gasteiger partial charge in [0, 0.05) is 24.5 Å². The number of aromatic amines is 1. The van der Waals surface area contributed by atoms with E-state index in [1.807, 2.05) is 30.9 Å². The van der Waals surface area contributed by atoms with Crippen LogP contribution in [0.15, 0.2) is 40.1 Å². The summed E-state index contributed by atoms with van der Waals surface area (Å²) in [7, 11) is 0. The number of aromatic nitrogens is 2. The van der Waals surface area contributed by atoms with Crippen LogP contribution in [0, 0.1) is 13.8 Å². The lowest BCUT2D eigenvalue weighted by molar-refractivity contribution is 0.0698. The summed E-state index contributed by atoms with van der Waals surface area (Å²) in [6.45, 7) is 8.68. The van der Waals surface area contributed by atoms with Crippen molar-refractivity contribution >= 4 is 41.1 Å². The van der Waals surface area contributed by atoms with E-state index in [0.29, 0.717) is 30.3 Å². The molecule has 1 aliphatic rings. The van der Waals surface area contributed by atoms with Gasteiger partial charge in [-0.2, -0.15) is 0 Å². The Morgan fingerprint density at radius 2 is 2.00 bits per heavy atom. The molecule has 0 fully saturated rings. The van der Waals surface area contributed by atoms with Crippen LogP contribution < -0.4 is 32.3 Å². The van der Waals surface area contributed by atoms with Gasteiger partial charge >= 0.3 is 5.97 Å². The minimum atomic E-state index is -1.08. The minimum Gasteiger partial charge on any atom is -0.478 e. The van der Waals surface area contributed by atoms with Gasteiger partial charge in [-0.05, 0) is 55.3 Å². The van der Waals surface area contributed by atoms with Crippen molar-refractivity contribution < 1.29 is 9.90 Å². The largest absolute Gasteiger partial charge is 0.478 e. The molecule has 158 valence electrons. The maximum absolute atomic E-state index is 12.5. The molecular weight excluding hydrogens is 396 g/mol. The molecule has 2 heterocycles. The van der Waals surface area contributed by atoms with Crippen LogP contribution in [0.25, 0.3) is 6.58 Å². The number of nitrogens with zero attached hydrogens (tertiary/aromatic N) is 3. The van der Waals surface area contributed by atoms with Gasteiger partial charge in [0.05, 0.1) is 16.9 Å². The Morgan fingerprint density at radius 3 is 2.74 bits per heavy atom. The number of rotatable bonds is 5. The first-order chi connectivity index (χ1) is 14.7. The fraction of sp³-hybridized carbons (Fsp3) is 0.182. The van der Waals surface area contributed by atoms with E-state index in [4.69, 9.17) is 5.73 Å². The van der Waals surface area contributed by atoms with Gasteiger partial charge in [0.15, 0.2) is 11.2 Å². The maximum atomic E-state index is 12.5. The zero-order valence-corrected chi connectivity index (χ0v) is 17.2. The second-order valence-corrected chi connectivity index (χ2v) is 7.41. The van der Waals surface area contributed by atoms with Crippen molar-refractivity contribution in [2.45, 2.75) is 13.8 Å². The molecule has 3 aromatic rings. The van der Waals surface area contributed by atoms with E-state index in [-0.39, 0.29) is 27.6 Å². The molecule has 5 N–H and O–H groups in total. The zero-order chi connectivity index (χ0) is 22.3. The van der Waals surface area contributed by atoms with Gasteiger partial charge < -0.3 is 26.0 Å². The number of carboxylic acids is 1. The fourth-order valence-corrected chi connectivity index (χ4v) is 3.51. The number of nitrogens with one attached hydrogen (secondary N) is 2. The first-order valence-electron chi connectivity index (χ1n) is 9.68. The summed E-state index contributed by atoms with van der Waals surface area (Å²) >= 11 is 0. The molecular formula is C22H22N6O3. The normalized spacial score (nSPS) is 12.0. The topological polar surface area (TPSA) is 137 Å². The van der Waals surface area contributed by atoms with Crippen molar-refractivity contribution in [3.8, 4) is 0 Å². The van der Waals surface area contributed by atoms with Gasteiger partial charge in [-0.25, -0.2) is 14.8 Å². The molecule has 0 radical (unpaired) electrons. The van der Waals surface area contributed by atoms with E-state index >= 15 is 0 Å². The van der Waals surface area contributed by atoms with Crippen molar-refractivity contribution in [2.24, 2.45) is 4.99 Å². The van der Waals surface area contributed by atoms with E-state index < -0.39 is 5.97 Å². The van der Waals surface area contributed by atoms with Gasteiger partial charge in [0.25, 0.3) is 5.56 Å². The third-order valence-corrected chi connectivity index (χ3v) is 5.24.